The molecule has 2 amide bonds. The molecule has 0 radical (unpaired) electrons. The Balaban J connectivity index is 1.55. The number of hydrogen-bond donors (Lipinski definition) is 1. The molecule has 1 atom stereocenters. The third kappa shape index (κ3) is 8.65. The Labute approximate surface area is 280 Å². The summed E-state index contributed by atoms with van der Waals surface area (Å²) in [6, 6.07) is 31.6. The highest BCUT2D eigenvalue weighted by molar-refractivity contribution is 9.10. The van der Waals surface area contributed by atoms with Crippen molar-refractivity contribution in [3.63, 3.8) is 0 Å². The number of carbonyl (C=O) groups is 2. The molecule has 1 aliphatic rings. The topological polar surface area (TPSA) is 86.8 Å². The lowest BCUT2D eigenvalue weighted by molar-refractivity contribution is -0.140. The van der Waals surface area contributed by atoms with Crippen LogP contribution in [0.25, 0.3) is 0 Å². The molecule has 0 spiro atoms. The van der Waals surface area contributed by atoms with Crippen LogP contribution in [0.2, 0.25) is 0 Å². The molecule has 1 saturated carbocycles. The highest BCUT2D eigenvalue weighted by atomic mass is 79.9. The van der Waals surface area contributed by atoms with Gasteiger partial charge in [-0.05, 0) is 67.3 Å². The molecule has 4 aromatic rings. The molecular weight excluding hydrogens is 662 g/mol. The maximum Gasteiger partial charge on any atom is 0.264 e. The Morgan fingerprint density at radius 1 is 0.804 bits per heavy atom. The van der Waals surface area contributed by atoms with Gasteiger partial charge in [0.05, 0.1) is 10.6 Å². The number of aryl methyl sites for hydroxylation is 1. The monoisotopic (exact) mass is 701 g/mol. The van der Waals surface area contributed by atoms with Crippen molar-refractivity contribution in [2.45, 2.75) is 69.0 Å². The Kier molecular flexibility index (Phi) is 11.3. The van der Waals surface area contributed by atoms with E-state index in [9.17, 15) is 18.0 Å². The van der Waals surface area contributed by atoms with Crippen LogP contribution in [0.5, 0.6) is 0 Å². The molecule has 1 N–H and O–H groups in total. The third-order valence-electron chi connectivity index (χ3n) is 8.42. The second-order valence-electron chi connectivity index (χ2n) is 11.9. The molecular formula is C37H40BrN3O4S. The highest BCUT2D eigenvalue weighted by Crippen LogP contribution is 2.27. The summed E-state index contributed by atoms with van der Waals surface area (Å²) in [7, 11) is -4.13. The largest absolute Gasteiger partial charge is 0.352 e. The van der Waals surface area contributed by atoms with Crippen LogP contribution in [0.3, 0.4) is 0 Å². The van der Waals surface area contributed by atoms with Gasteiger partial charge in [0, 0.05) is 23.5 Å². The number of rotatable bonds is 12. The molecule has 1 fully saturated rings. The highest BCUT2D eigenvalue weighted by Gasteiger charge is 2.35. The quantitative estimate of drug-likeness (QED) is 0.172. The summed E-state index contributed by atoms with van der Waals surface area (Å²) in [5, 5.41) is 3.25. The van der Waals surface area contributed by atoms with E-state index >= 15 is 0 Å². The van der Waals surface area contributed by atoms with Crippen molar-refractivity contribution < 1.29 is 18.0 Å². The molecule has 0 bridgehead atoms. The number of hydrogen-bond acceptors (Lipinski definition) is 4. The smallest absolute Gasteiger partial charge is 0.264 e. The zero-order valence-electron chi connectivity index (χ0n) is 26.0. The van der Waals surface area contributed by atoms with Crippen molar-refractivity contribution >= 4 is 43.5 Å². The van der Waals surface area contributed by atoms with E-state index in [1.165, 1.54) is 12.1 Å². The minimum atomic E-state index is -4.13. The van der Waals surface area contributed by atoms with E-state index in [-0.39, 0.29) is 23.4 Å². The van der Waals surface area contributed by atoms with Crippen LogP contribution in [-0.4, -0.2) is 43.8 Å². The van der Waals surface area contributed by atoms with E-state index in [4.69, 9.17) is 0 Å². The SMILES string of the molecule is Cc1ccc(CN(C(=O)CN(c2ccc(Br)cc2)S(=O)(=O)c2ccccc2)[C@@H](Cc2ccccc2)C(=O)NC2CCCCC2)cc1. The first-order valence-electron chi connectivity index (χ1n) is 15.7. The van der Waals surface area contributed by atoms with Crippen molar-refractivity contribution in [1.29, 1.82) is 0 Å². The number of nitrogens with zero attached hydrogens (tertiary/aromatic N) is 2. The van der Waals surface area contributed by atoms with Crippen LogP contribution in [0, 0.1) is 6.92 Å². The summed E-state index contributed by atoms with van der Waals surface area (Å²) < 4.78 is 30.1. The van der Waals surface area contributed by atoms with Crippen LogP contribution in [0.4, 0.5) is 5.69 Å². The fourth-order valence-electron chi connectivity index (χ4n) is 5.84. The standard InChI is InChI=1S/C37H40BrN3O4S/c1-28-17-19-30(20-18-28)26-40(35(25-29-11-5-2-6-12-29)37(43)39-32-13-7-3-8-14-32)36(42)27-41(33-23-21-31(38)22-24-33)46(44,45)34-15-9-4-10-16-34/h2,4-6,9-12,15-24,32,35H,3,7-8,13-14,25-27H2,1H3,(H,39,43)/t35-/m0/s1. The maximum atomic E-state index is 14.6. The van der Waals surface area contributed by atoms with Crippen LogP contribution in [0.15, 0.2) is 119 Å². The first-order valence-corrected chi connectivity index (χ1v) is 18.0. The van der Waals surface area contributed by atoms with E-state index in [1.54, 1.807) is 47.4 Å². The molecule has 240 valence electrons. The second-order valence-corrected chi connectivity index (χ2v) is 14.6. The molecule has 0 aromatic heterocycles. The summed E-state index contributed by atoms with van der Waals surface area (Å²) >= 11 is 3.43. The van der Waals surface area contributed by atoms with Crippen LogP contribution < -0.4 is 9.62 Å². The number of nitrogens with one attached hydrogen (secondary N) is 1. The normalized spacial score (nSPS) is 14.3. The van der Waals surface area contributed by atoms with Gasteiger partial charge in [0.1, 0.15) is 12.6 Å². The van der Waals surface area contributed by atoms with E-state index in [1.807, 2.05) is 61.5 Å². The fraction of sp³-hybridized carbons (Fsp3) is 0.297. The summed E-state index contributed by atoms with van der Waals surface area (Å²) in [4.78, 5) is 30.4. The number of anilines is 1. The lowest BCUT2D eigenvalue weighted by atomic mass is 9.94. The molecule has 4 aromatic carbocycles. The Hall–Kier alpha value is -3.95. The van der Waals surface area contributed by atoms with Crippen molar-refractivity contribution in [3.8, 4) is 0 Å². The van der Waals surface area contributed by atoms with Crippen LogP contribution in [0.1, 0.15) is 48.8 Å². The number of halogens is 1. The van der Waals surface area contributed by atoms with Crippen LogP contribution >= 0.6 is 15.9 Å². The molecule has 1 aliphatic carbocycles. The predicted molar refractivity (Wildman–Crippen MR) is 186 cm³/mol. The Morgan fingerprint density at radius 3 is 2.04 bits per heavy atom. The minimum Gasteiger partial charge on any atom is -0.352 e. The predicted octanol–water partition coefficient (Wildman–Crippen LogP) is 7.04. The molecule has 5 rings (SSSR count). The molecule has 9 heteroatoms. The molecule has 7 nitrogen and oxygen atoms in total. The molecule has 0 heterocycles. The van der Waals surface area contributed by atoms with Gasteiger partial charge in [-0.25, -0.2) is 8.42 Å². The number of benzene rings is 4. The van der Waals surface area contributed by atoms with Gasteiger partial charge in [0.15, 0.2) is 0 Å². The fourth-order valence-corrected chi connectivity index (χ4v) is 7.54. The van der Waals surface area contributed by atoms with Gasteiger partial charge in [0.2, 0.25) is 11.8 Å². The van der Waals surface area contributed by atoms with Gasteiger partial charge in [0.25, 0.3) is 10.0 Å². The lowest BCUT2D eigenvalue weighted by Crippen LogP contribution is -2.55. The van der Waals surface area contributed by atoms with E-state index < -0.39 is 28.5 Å². The van der Waals surface area contributed by atoms with Crippen molar-refractivity contribution in [3.05, 3.63) is 130 Å². The van der Waals surface area contributed by atoms with E-state index in [0.29, 0.717) is 12.1 Å². The average Bonchev–Trinajstić information content (AvgIpc) is 3.07. The van der Waals surface area contributed by atoms with Gasteiger partial charge in [-0.3, -0.25) is 13.9 Å². The average molecular weight is 703 g/mol. The number of carbonyl (C=O) groups excluding carboxylic acids is 2. The Bertz CT molecular complexity index is 1690. The Morgan fingerprint density at radius 2 is 1.41 bits per heavy atom. The number of amides is 2. The van der Waals surface area contributed by atoms with Gasteiger partial charge in [-0.2, -0.15) is 0 Å². The number of sulfonamides is 1. The summed E-state index contributed by atoms with van der Waals surface area (Å²) in [5.74, 6) is -0.694. The zero-order valence-corrected chi connectivity index (χ0v) is 28.4. The van der Waals surface area contributed by atoms with Gasteiger partial charge >= 0.3 is 0 Å². The van der Waals surface area contributed by atoms with Gasteiger partial charge in [-0.15, -0.1) is 0 Å². The second kappa shape index (κ2) is 15.6. The summed E-state index contributed by atoms with van der Waals surface area (Å²) in [5.41, 5.74) is 3.19. The molecule has 0 unspecified atom stereocenters. The van der Waals surface area contributed by atoms with Gasteiger partial charge in [-0.1, -0.05) is 114 Å². The first kappa shape index (κ1) is 33.4. The van der Waals surface area contributed by atoms with Crippen molar-refractivity contribution in [2.24, 2.45) is 0 Å². The lowest BCUT2D eigenvalue weighted by Gasteiger charge is -2.35. The summed E-state index contributed by atoms with van der Waals surface area (Å²) in [6.07, 6.45) is 5.37. The van der Waals surface area contributed by atoms with Crippen molar-refractivity contribution in [1.82, 2.24) is 10.2 Å². The molecule has 46 heavy (non-hydrogen) atoms. The maximum absolute atomic E-state index is 14.6. The van der Waals surface area contributed by atoms with Crippen molar-refractivity contribution in [2.75, 3.05) is 10.8 Å². The summed E-state index contributed by atoms with van der Waals surface area (Å²) in [6.45, 7) is 1.66. The van der Waals surface area contributed by atoms with Crippen LogP contribution in [-0.2, 0) is 32.6 Å². The molecule has 0 saturated heterocycles. The minimum absolute atomic E-state index is 0.0496. The third-order valence-corrected chi connectivity index (χ3v) is 10.7. The zero-order chi connectivity index (χ0) is 32.5. The van der Waals surface area contributed by atoms with E-state index in [0.717, 1.165) is 57.6 Å². The molecule has 0 aliphatic heterocycles. The van der Waals surface area contributed by atoms with Gasteiger partial charge < -0.3 is 10.2 Å². The first-order chi connectivity index (χ1) is 22.2. The van der Waals surface area contributed by atoms with E-state index in [2.05, 4.69) is 21.2 Å².